The molecule has 2 atom stereocenters. The number of carbonyl (C=O) groups is 3. The maximum absolute atomic E-state index is 14.1. The molecule has 0 radical (unpaired) electrons. The SMILES string of the molecule is CC(C)(C)OC(=O)Nc1oc2c(c1C(=O)Nc1cnccc1N1C[C@@H](NC(=O)OC(C)(C)C)C[C@@H](C(F)(F)F)C1)NCC(CN1CC(F)C1)=C2. The molecule has 2 aromatic heterocycles. The van der Waals surface area contributed by atoms with E-state index in [0.29, 0.717) is 26.2 Å². The number of ether oxygens (including phenoxy) is 2. The maximum Gasteiger partial charge on any atom is 0.414 e. The lowest BCUT2D eigenvalue weighted by molar-refractivity contribution is -0.177. The van der Waals surface area contributed by atoms with Gasteiger partial charge in [0.1, 0.15) is 22.9 Å². The molecule has 0 spiro atoms. The van der Waals surface area contributed by atoms with Gasteiger partial charge < -0.3 is 34.7 Å². The Kier molecular flexibility index (Phi) is 10.3. The monoisotopic (exact) mass is 709 g/mol. The molecule has 2 aromatic rings. The lowest BCUT2D eigenvalue weighted by atomic mass is 9.93. The number of nitrogens with zero attached hydrogens (tertiary/aromatic N) is 3. The molecular weight excluding hydrogens is 666 g/mol. The van der Waals surface area contributed by atoms with Gasteiger partial charge >= 0.3 is 18.4 Å². The second kappa shape index (κ2) is 14.0. The number of hydrogen-bond acceptors (Lipinski definition) is 10. The second-order valence-electron chi connectivity index (χ2n) is 14.7. The largest absolute Gasteiger partial charge is 0.444 e. The first-order chi connectivity index (χ1) is 23.2. The van der Waals surface area contributed by atoms with Crippen molar-refractivity contribution >= 4 is 47.1 Å². The number of furan rings is 1. The zero-order valence-corrected chi connectivity index (χ0v) is 28.8. The van der Waals surface area contributed by atoms with Crippen molar-refractivity contribution in [1.82, 2.24) is 15.2 Å². The van der Waals surface area contributed by atoms with Crippen LogP contribution in [0, 0.1) is 5.92 Å². The third kappa shape index (κ3) is 9.37. The van der Waals surface area contributed by atoms with Crippen LogP contribution in [0.4, 0.5) is 50.1 Å². The molecule has 2 saturated heterocycles. The number of nitrogens with one attached hydrogen (secondary N) is 4. The Morgan fingerprint density at radius 2 is 1.68 bits per heavy atom. The molecule has 2 fully saturated rings. The number of alkyl halides is 4. The first kappa shape index (κ1) is 36.7. The minimum Gasteiger partial charge on any atom is -0.444 e. The highest BCUT2D eigenvalue weighted by molar-refractivity contribution is 6.14. The van der Waals surface area contributed by atoms with Crippen LogP contribution in [0.15, 0.2) is 28.5 Å². The van der Waals surface area contributed by atoms with Crippen LogP contribution in [0.25, 0.3) is 6.08 Å². The first-order valence-electron chi connectivity index (χ1n) is 16.3. The van der Waals surface area contributed by atoms with Crippen LogP contribution >= 0.6 is 0 Å². The Hall–Kier alpha value is -4.54. The maximum atomic E-state index is 14.1. The second-order valence-corrected chi connectivity index (χ2v) is 14.7. The Bertz CT molecular complexity index is 1630. The van der Waals surface area contributed by atoms with Crippen molar-refractivity contribution in [2.24, 2.45) is 5.92 Å². The fraction of sp³-hybridized carbons (Fsp3) is 0.576. The predicted molar refractivity (Wildman–Crippen MR) is 178 cm³/mol. The molecule has 0 bridgehead atoms. The van der Waals surface area contributed by atoms with E-state index >= 15 is 0 Å². The predicted octanol–water partition coefficient (Wildman–Crippen LogP) is 6.02. The Morgan fingerprint density at radius 1 is 1.00 bits per heavy atom. The molecule has 3 aliphatic heterocycles. The summed E-state index contributed by atoms with van der Waals surface area (Å²) in [4.78, 5) is 46.7. The number of alkyl carbamates (subject to hydrolysis) is 1. The van der Waals surface area contributed by atoms with Crippen LogP contribution in [0.3, 0.4) is 0 Å². The number of amides is 3. The summed E-state index contributed by atoms with van der Waals surface area (Å²) < 4.78 is 72.3. The molecule has 0 aromatic carbocycles. The molecule has 4 N–H and O–H groups in total. The van der Waals surface area contributed by atoms with E-state index in [4.69, 9.17) is 13.9 Å². The number of halogens is 4. The summed E-state index contributed by atoms with van der Waals surface area (Å²) >= 11 is 0. The zero-order valence-electron chi connectivity index (χ0n) is 28.8. The Balaban J connectivity index is 1.42. The van der Waals surface area contributed by atoms with E-state index in [1.54, 1.807) is 47.6 Å². The van der Waals surface area contributed by atoms with Crippen molar-refractivity contribution < 1.29 is 45.8 Å². The number of rotatable bonds is 7. The summed E-state index contributed by atoms with van der Waals surface area (Å²) in [6.07, 6.45) is -3.14. The summed E-state index contributed by atoms with van der Waals surface area (Å²) in [5, 5.41) is 10.9. The molecule has 0 unspecified atom stereocenters. The molecule has 13 nitrogen and oxygen atoms in total. The molecule has 0 saturated carbocycles. The van der Waals surface area contributed by atoms with Gasteiger partial charge in [-0.1, -0.05) is 0 Å². The van der Waals surface area contributed by atoms with Gasteiger partial charge in [0.2, 0.25) is 5.88 Å². The van der Waals surface area contributed by atoms with Crippen LogP contribution < -0.4 is 26.2 Å². The summed E-state index contributed by atoms with van der Waals surface area (Å²) in [5.41, 5.74) is -0.353. The standard InChI is InChI=1S/C33H43F4N7O6/c1-31(2,3)49-29(46)40-21-10-19(33(35,36)37)14-44(17-21)23-7-8-38-12-22(23)41-27(45)25-26-24(48-28(25)42-30(47)50-32(4,5)6)9-18(11-39-26)13-43-15-20(34)16-43/h7-9,12,19-21,39H,10-11,13-17H2,1-6H3,(H,40,46)(H,41,45)(H,42,47)/t19-,21+/m1/s1. The van der Waals surface area contributed by atoms with Gasteiger partial charge in [-0.3, -0.25) is 20.0 Å². The number of piperidine rings is 1. The van der Waals surface area contributed by atoms with Gasteiger partial charge in [0, 0.05) is 45.5 Å². The van der Waals surface area contributed by atoms with Gasteiger partial charge in [0.05, 0.1) is 35.2 Å². The quantitative estimate of drug-likeness (QED) is 0.252. The smallest absolute Gasteiger partial charge is 0.414 e. The van der Waals surface area contributed by atoms with E-state index in [1.165, 1.54) is 23.4 Å². The third-order valence-electron chi connectivity index (χ3n) is 7.97. The fourth-order valence-electron chi connectivity index (χ4n) is 5.95. The number of fused-ring (bicyclic) bond motifs is 1. The summed E-state index contributed by atoms with van der Waals surface area (Å²) in [6.45, 7) is 10.9. The van der Waals surface area contributed by atoms with Gasteiger partial charge in [0.25, 0.3) is 5.91 Å². The summed E-state index contributed by atoms with van der Waals surface area (Å²) in [5.74, 6) is -2.53. The highest BCUT2D eigenvalue weighted by Crippen LogP contribution is 2.40. The van der Waals surface area contributed by atoms with Gasteiger partial charge in [-0.15, -0.1) is 0 Å². The normalized spacial score (nSPS) is 20.1. The molecular formula is C33H43F4N7O6. The molecule has 50 heavy (non-hydrogen) atoms. The molecule has 3 amide bonds. The van der Waals surface area contributed by atoms with Crippen LogP contribution in [-0.2, 0) is 9.47 Å². The van der Waals surface area contributed by atoms with Crippen molar-refractivity contribution in [1.29, 1.82) is 0 Å². The van der Waals surface area contributed by atoms with Crippen molar-refractivity contribution in [2.75, 3.05) is 60.1 Å². The molecule has 274 valence electrons. The van der Waals surface area contributed by atoms with Crippen molar-refractivity contribution in [3.63, 3.8) is 0 Å². The van der Waals surface area contributed by atoms with Crippen LogP contribution in [0.1, 0.15) is 64.1 Å². The number of hydrogen-bond donors (Lipinski definition) is 4. The van der Waals surface area contributed by atoms with E-state index in [0.717, 1.165) is 5.57 Å². The number of pyridine rings is 1. The van der Waals surface area contributed by atoms with Crippen LogP contribution in [0.2, 0.25) is 0 Å². The topological polar surface area (TPSA) is 150 Å². The van der Waals surface area contributed by atoms with Crippen molar-refractivity contribution in [3.8, 4) is 0 Å². The highest BCUT2D eigenvalue weighted by Gasteiger charge is 2.45. The lowest BCUT2D eigenvalue weighted by Gasteiger charge is -2.40. The van der Waals surface area contributed by atoms with Gasteiger partial charge in [-0.2, -0.15) is 13.2 Å². The third-order valence-corrected chi connectivity index (χ3v) is 7.97. The van der Waals surface area contributed by atoms with E-state index in [2.05, 4.69) is 26.3 Å². The van der Waals surface area contributed by atoms with Gasteiger partial charge in [-0.25, -0.2) is 14.0 Å². The van der Waals surface area contributed by atoms with Gasteiger partial charge in [0.15, 0.2) is 5.76 Å². The fourth-order valence-corrected chi connectivity index (χ4v) is 5.95. The average Bonchev–Trinajstić information content (AvgIpc) is 3.30. The number of carbonyl (C=O) groups excluding carboxylic acids is 3. The van der Waals surface area contributed by atoms with Crippen molar-refractivity contribution in [3.05, 3.63) is 35.4 Å². The lowest BCUT2D eigenvalue weighted by Crippen LogP contribution is -2.54. The molecule has 3 aliphatic rings. The highest BCUT2D eigenvalue weighted by atomic mass is 19.4. The van der Waals surface area contributed by atoms with E-state index in [-0.39, 0.29) is 47.2 Å². The molecule has 17 heteroatoms. The number of likely N-dealkylation sites (tertiary alicyclic amines) is 1. The van der Waals surface area contributed by atoms with Crippen LogP contribution in [-0.4, -0.2) is 96.8 Å². The summed E-state index contributed by atoms with van der Waals surface area (Å²) in [7, 11) is 0. The number of aromatic nitrogens is 1. The Labute approximate surface area is 287 Å². The van der Waals surface area contributed by atoms with E-state index in [9.17, 15) is 31.9 Å². The molecule has 0 aliphatic carbocycles. The number of anilines is 4. The van der Waals surface area contributed by atoms with E-state index in [1.807, 2.05) is 4.90 Å². The minimum atomic E-state index is -4.57. The Morgan fingerprint density at radius 3 is 2.32 bits per heavy atom. The molecule has 5 rings (SSSR count). The minimum absolute atomic E-state index is 0.0133. The zero-order chi connectivity index (χ0) is 36.6. The average molecular weight is 710 g/mol. The van der Waals surface area contributed by atoms with Crippen molar-refractivity contribution in [2.45, 2.75) is 77.6 Å². The van der Waals surface area contributed by atoms with Gasteiger partial charge in [-0.05, 0) is 65.7 Å². The first-order valence-corrected chi connectivity index (χ1v) is 16.3. The molecule has 5 heterocycles. The van der Waals surface area contributed by atoms with E-state index < -0.39 is 60.1 Å². The van der Waals surface area contributed by atoms with Crippen LogP contribution in [0.5, 0.6) is 0 Å². The summed E-state index contributed by atoms with van der Waals surface area (Å²) in [6, 6.07) is 0.541.